The summed E-state index contributed by atoms with van der Waals surface area (Å²) in [5.41, 5.74) is 1.03. The number of hydrogen-bond donors (Lipinski definition) is 0. The van der Waals surface area contributed by atoms with E-state index in [2.05, 4.69) is 22.0 Å². The summed E-state index contributed by atoms with van der Waals surface area (Å²) in [5.74, 6) is 0.333. The molecule has 6 nitrogen and oxygen atoms in total. The van der Waals surface area contributed by atoms with Gasteiger partial charge in [0, 0.05) is 29.7 Å². The van der Waals surface area contributed by atoms with Gasteiger partial charge in [0.15, 0.2) is 0 Å². The average molecular weight is 440 g/mol. The minimum atomic E-state index is -0.539. The molecule has 3 heterocycles. The first-order chi connectivity index (χ1) is 12.2. The zero-order chi connectivity index (χ0) is 19.1. The van der Waals surface area contributed by atoms with Gasteiger partial charge in [0.25, 0.3) is 0 Å². The Balaban J connectivity index is 1.84. The molecule has 3 rings (SSSR count). The maximum atomic E-state index is 12.4. The van der Waals surface area contributed by atoms with E-state index in [0.717, 1.165) is 20.8 Å². The number of fused-ring (bicyclic) bond motifs is 1. The van der Waals surface area contributed by atoms with Crippen LogP contribution in [0.15, 0.2) is 0 Å². The predicted molar refractivity (Wildman–Crippen MR) is 104 cm³/mol. The summed E-state index contributed by atoms with van der Waals surface area (Å²) in [5, 5.41) is 11.2. The lowest BCUT2D eigenvalue weighted by Gasteiger charge is -2.29. The normalized spacial score (nSPS) is 20.1. The van der Waals surface area contributed by atoms with E-state index < -0.39 is 5.60 Å². The maximum absolute atomic E-state index is 12.4. The van der Waals surface area contributed by atoms with Gasteiger partial charge in [-0.25, -0.2) is 4.79 Å². The van der Waals surface area contributed by atoms with E-state index in [-0.39, 0.29) is 17.9 Å². The predicted octanol–water partition coefficient (Wildman–Crippen LogP) is 3.66. The molecule has 2 aliphatic heterocycles. The highest BCUT2D eigenvalue weighted by Crippen LogP contribution is 2.41. The molecule has 1 atom stereocenters. The largest absolute Gasteiger partial charge is 0.444 e. The summed E-state index contributed by atoms with van der Waals surface area (Å²) in [6, 6.07) is 2.29. The third-order valence-corrected chi connectivity index (χ3v) is 6.63. The van der Waals surface area contributed by atoms with Crippen molar-refractivity contribution in [2.45, 2.75) is 45.8 Å². The van der Waals surface area contributed by atoms with Gasteiger partial charge in [0.2, 0.25) is 5.91 Å². The van der Waals surface area contributed by atoms with Gasteiger partial charge in [-0.2, -0.15) is 5.26 Å². The van der Waals surface area contributed by atoms with E-state index >= 15 is 0 Å². The fourth-order valence-electron chi connectivity index (χ4n) is 3.26. The Morgan fingerprint density at radius 1 is 1.46 bits per heavy atom. The topological polar surface area (TPSA) is 73.6 Å². The van der Waals surface area contributed by atoms with Gasteiger partial charge in [0.05, 0.1) is 12.1 Å². The average Bonchev–Trinajstić information content (AvgIpc) is 3.11. The first-order valence-electron chi connectivity index (χ1n) is 8.62. The number of alkyl halides is 1. The molecule has 1 aromatic heterocycles. The van der Waals surface area contributed by atoms with Crippen LogP contribution >= 0.6 is 27.3 Å². The molecule has 0 spiro atoms. The molecule has 1 unspecified atom stereocenters. The van der Waals surface area contributed by atoms with Crippen LogP contribution in [0.1, 0.15) is 43.2 Å². The summed E-state index contributed by atoms with van der Waals surface area (Å²) >= 11 is 4.90. The Bertz CT molecular complexity index is 778. The molecular formula is C18H22BrN3O3S. The van der Waals surface area contributed by atoms with E-state index in [1.165, 1.54) is 11.3 Å². The van der Waals surface area contributed by atoms with E-state index in [9.17, 15) is 14.9 Å². The quantitative estimate of drug-likeness (QED) is 0.658. The van der Waals surface area contributed by atoms with Crippen molar-refractivity contribution >= 4 is 44.3 Å². The van der Waals surface area contributed by atoms with E-state index in [1.54, 1.807) is 9.80 Å². The fourth-order valence-corrected chi connectivity index (χ4v) is 5.03. The molecule has 26 heavy (non-hydrogen) atoms. The monoisotopic (exact) mass is 439 g/mol. The third-order valence-electron chi connectivity index (χ3n) is 4.47. The number of amides is 2. The zero-order valence-electron chi connectivity index (χ0n) is 15.2. The van der Waals surface area contributed by atoms with Crippen LogP contribution in [0.2, 0.25) is 0 Å². The second-order valence-corrected chi connectivity index (χ2v) is 9.41. The molecule has 0 radical (unpaired) electrons. The Kier molecular flexibility index (Phi) is 5.31. The zero-order valence-corrected chi connectivity index (χ0v) is 17.6. The second-order valence-electron chi connectivity index (χ2n) is 7.68. The molecule has 0 aromatic carbocycles. The highest BCUT2D eigenvalue weighted by Gasteiger charge is 2.36. The first-order valence-corrected chi connectivity index (χ1v) is 10.6. The second kappa shape index (κ2) is 7.20. The maximum Gasteiger partial charge on any atom is 0.410 e. The number of halogens is 1. The summed E-state index contributed by atoms with van der Waals surface area (Å²) in [4.78, 5) is 29.1. The van der Waals surface area contributed by atoms with Crippen molar-refractivity contribution in [1.29, 1.82) is 5.26 Å². The number of thiophene rings is 1. The minimum Gasteiger partial charge on any atom is -0.444 e. The lowest BCUT2D eigenvalue weighted by atomic mass is 10.0. The molecule has 1 aromatic rings. The molecule has 1 fully saturated rings. The lowest BCUT2D eigenvalue weighted by molar-refractivity contribution is -0.117. The van der Waals surface area contributed by atoms with Gasteiger partial charge < -0.3 is 14.5 Å². The number of nitriles is 1. The number of carbonyl (C=O) groups is 2. The fraction of sp³-hybridized carbons (Fsp3) is 0.611. The van der Waals surface area contributed by atoms with Crippen LogP contribution in [-0.4, -0.2) is 40.9 Å². The number of hydrogen-bond acceptors (Lipinski definition) is 5. The molecule has 2 amide bonds. The number of nitrogens with zero attached hydrogens (tertiary/aromatic N) is 3. The van der Waals surface area contributed by atoms with E-state index in [4.69, 9.17) is 4.74 Å². The van der Waals surface area contributed by atoms with Crippen molar-refractivity contribution < 1.29 is 14.3 Å². The van der Waals surface area contributed by atoms with Gasteiger partial charge in [-0.1, -0.05) is 15.9 Å². The Morgan fingerprint density at radius 3 is 2.77 bits per heavy atom. The smallest absolute Gasteiger partial charge is 0.410 e. The Morgan fingerprint density at radius 2 is 2.19 bits per heavy atom. The van der Waals surface area contributed by atoms with Gasteiger partial charge in [0.1, 0.15) is 16.7 Å². The summed E-state index contributed by atoms with van der Waals surface area (Å²) in [6.07, 6.45) is 0.772. The number of ether oxygens (including phenoxy) is 1. The Hall–Kier alpha value is -1.59. The molecule has 0 N–H and O–H groups in total. The molecule has 2 aliphatic rings. The standard InChI is InChI=1S/C18H22BrN3O3S/c1-18(2,3)25-17(24)21-5-4-12-13(8-20)16(26-14(12)10-21)22-9-11(7-19)6-15(22)23/h11H,4-7,9-10H2,1-3H3. The van der Waals surface area contributed by atoms with Crippen molar-refractivity contribution in [2.75, 3.05) is 23.3 Å². The van der Waals surface area contributed by atoms with Crippen LogP contribution in [0.4, 0.5) is 9.80 Å². The molecular weight excluding hydrogens is 418 g/mol. The van der Waals surface area contributed by atoms with Crippen LogP contribution in [0.3, 0.4) is 0 Å². The minimum absolute atomic E-state index is 0.0635. The van der Waals surface area contributed by atoms with Crippen LogP contribution < -0.4 is 4.90 Å². The molecule has 8 heteroatoms. The third kappa shape index (κ3) is 3.74. The molecule has 0 aliphatic carbocycles. The SMILES string of the molecule is CC(C)(C)OC(=O)N1CCc2c(sc(N3CC(CBr)CC3=O)c2C#N)C1. The number of anilines is 1. The number of carbonyl (C=O) groups excluding carboxylic acids is 2. The van der Waals surface area contributed by atoms with Crippen molar-refractivity contribution in [2.24, 2.45) is 5.92 Å². The molecule has 140 valence electrons. The highest BCUT2D eigenvalue weighted by molar-refractivity contribution is 9.09. The summed E-state index contributed by atoms with van der Waals surface area (Å²) in [6.45, 7) is 7.11. The van der Waals surface area contributed by atoms with Crippen molar-refractivity contribution in [3.63, 3.8) is 0 Å². The van der Waals surface area contributed by atoms with Gasteiger partial charge in [-0.3, -0.25) is 4.79 Å². The Labute approximate surface area is 165 Å². The van der Waals surface area contributed by atoms with Crippen LogP contribution in [0.5, 0.6) is 0 Å². The van der Waals surface area contributed by atoms with Crippen molar-refractivity contribution in [1.82, 2.24) is 4.90 Å². The van der Waals surface area contributed by atoms with Crippen LogP contribution in [0, 0.1) is 17.2 Å². The first kappa shape index (κ1) is 19.2. The molecule has 0 saturated carbocycles. The summed E-state index contributed by atoms with van der Waals surface area (Å²) in [7, 11) is 0. The molecule has 0 bridgehead atoms. The van der Waals surface area contributed by atoms with Crippen molar-refractivity contribution in [3.8, 4) is 6.07 Å². The van der Waals surface area contributed by atoms with Crippen molar-refractivity contribution in [3.05, 3.63) is 16.0 Å². The van der Waals surface area contributed by atoms with E-state index in [0.29, 0.717) is 38.0 Å². The van der Waals surface area contributed by atoms with Crippen LogP contribution in [0.25, 0.3) is 0 Å². The highest BCUT2D eigenvalue weighted by atomic mass is 79.9. The van der Waals surface area contributed by atoms with E-state index in [1.807, 2.05) is 20.8 Å². The number of rotatable bonds is 2. The summed E-state index contributed by atoms with van der Waals surface area (Å²) < 4.78 is 5.46. The van der Waals surface area contributed by atoms with Gasteiger partial charge in [-0.15, -0.1) is 11.3 Å². The lowest BCUT2D eigenvalue weighted by Crippen LogP contribution is -2.39. The van der Waals surface area contributed by atoms with Crippen LogP contribution in [-0.2, 0) is 22.5 Å². The van der Waals surface area contributed by atoms with Gasteiger partial charge >= 0.3 is 6.09 Å². The molecule has 1 saturated heterocycles. The van der Waals surface area contributed by atoms with Gasteiger partial charge in [-0.05, 0) is 38.7 Å².